The van der Waals surface area contributed by atoms with Gasteiger partial charge in [-0.2, -0.15) is 0 Å². The highest BCUT2D eigenvalue weighted by molar-refractivity contribution is 5.99. The van der Waals surface area contributed by atoms with Crippen LogP contribution in [0.25, 0.3) is 10.9 Å². The predicted molar refractivity (Wildman–Crippen MR) is 98.7 cm³/mol. The molecule has 3 N–H and O–H groups in total. The number of alkyl carbamates (subject to hydrolysis) is 1. The van der Waals surface area contributed by atoms with Crippen LogP contribution in [0.3, 0.4) is 0 Å². The molecule has 0 bridgehead atoms. The molecule has 2 aromatic rings. The molecule has 0 saturated heterocycles. The van der Waals surface area contributed by atoms with Crippen LogP contribution in [0.2, 0.25) is 0 Å². The molecule has 8 heteroatoms. The SMILES string of the molecule is CC(CONC(=O)Nc1cccc2cccnc12)NC(=O)OC(C)(C)C. The fourth-order valence-corrected chi connectivity index (χ4v) is 2.14. The van der Waals surface area contributed by atoms with E-state index in [2.05, 4.69) is 21.1 Å². The maximum atomic E-state index is 12.0. The first-order chi connectivity index (χ1) is 12.2. The predicted octanol–water partition coefficient (Wildman–Crippen LogP) is 3.20. The molecule has 1 atom stereocenters. The lowest BCUT2D eigenvalue weighted by molar-refractivity contribution is 0.0343. The van der Waals surface area contributed by atoms with Gasteiger partial charge in [-0.05, 0) is 39.8 Å². The van der Waals surface area contributed by atoms with E-state index in [4.69, 9.17) is 9.57 Å². The molecule has 140 valence electrons. The zero-order valence-corrected chi connectivity index (χ0v) is 15.3. The van der Waals surface area contributed by atoms with E-state index in [1.165, 1.54) is 0 Å². The first-order valence-electron chi connectivity index (χ1n) is 8.26. The third-order valence-corrected chi connectivity index (χ3v) is 3.14. The second kappa shape index (κ2) is 8.48. The number of nitrogens with one attached hydrogen (secondary N) is 3. The van der Waals surface area contributed by atoms with Gasteiger partial charge in [0.2, 0.25) is 0 Å². The fourth-order valence-electron chi connectivity index (χ4n) is 2.14. The molecule has 1 aromatic carbocycles. The van der Waals surface area contributed by atoms with Crippen LogP contribution in [0.5, 0.6) is 0 Å². The normalized spacial score (nSPS) is 12.3. The topological polar surface area (TPSA) is 102 Å². The highest BCUT2D eigenvalue weighted by Crippen LogP contribution is 2.20. The molecule has 1 heterocycles. The van der Waals surface area contributed by atoms with Crippen molar-refractivity contribution in [3.63, 3.8) is 0 Å². The van der Waals surface area contributed by atoms with Crippen molar-refractivity contribution >= 4 is 28.7 Å². The fraction of sp³-hybridized carbons (Fsp3) is 0.389. The van der Waals surface area contributed by atoms with E-state index in [0.29, 0.717) is 11.2 Å². The lowest BCUT2D eigenvalue weighted by atomic mass is 10.2. The highest BCUT2D eigenvalue weighted by Gasteiger charge is 2.17. The molecule has 0 fully saturated rings. The van der Waals surface area contributed by atoms with Crippen molar-refractivity contribution in [2.45, 2.75) is 39.3 Å². The number of pyridine rings is 1. The number of urea groups is 1. The average molecular weight is 360 g/mol. The second-order valence-electron chi connectivity index (χ2n) is 6.80. The summed E-state index contributed by atoms with van der Waals surface area (Å²) < 4.78 is 5.14. The van der Waals surface area contributed by atoms with Crippen molar-refractivity contribution in [2.24, 2.45) is 0 Å². The number of hydroxylamine groups is 1. The van der Waals surface area contributed by atoms with Crippen LogP contribution in [0.15, 0.2) is 36.5 Å². The zero-order chi connectivity index (χ0) is 19.2. The van der Waals surface area contributed by atoms with Crippen LogP contribution in [0.1, 0.15) is 27.7 Å². The molecule has 1 unspecified atom stereocenters. The number of aromatic nitrogens is 1. The van der Waals surface area contributed by atoms with E-state index in [-0.39, 0.29) is 12.6 Å². The number of carbonyl (C=O) groups excluding carboxylic acids is 2. The number of ether oxygens (including phenoxy) is 1. The van der Waals surface area contributed by atoms with Crippen LogP contribution in [0, 0.1) is 0 Å². The quantitative estimate of drug-likeness (QED) is 0.711. The highest BCUT2D eigenvalue weighted by atomic mass is 16.7. The molecule has 0 radical (unpaired) electrons. The van der Waals surface area contributed by atoms with E-state index in [1.807, 2.05) is 24.3 Å². The van der Waals surface area contributed by atoms with Crippen LogP contribution < -0.4 is 16.1 Å². The third kappa shape index (κ3) is 6.21. The number of amides is 3. The van der Waals surface area contributed by atoms with Crippen molar-refractivity contribution in [1.82, 2.24) is 15.8 Å². The summed E-state index contributed by atoms with van der Waals surface area (Å²) in [6.07, 6.45) is 1.12. The Morgan fingerprint density at radius 2 is 1.92 bits per heavy atom. The number of anilines is 1. The van der Waals surface area contributed by atoms with Gasteiger partial charge in [0.25, 0.3) is 0 Å². The van der Waals surface area contributed by atoms with E-state index >= 15 is 0 Å². The minimum Gasteiger partial charge on any atom is -0.444 e. The van der Waals surface area contributed by atoms with Crippen LogP contribution in [-0.4, -0.2) is 35.4 Å². The summed E-state index contributed by atoms with van der Waals surface area (Å²) in [5.74, 6) is 0. The maximum absolute atomic E-state index is 12.0. The molecule has 0 aliphatic heterocycles. The molecule has 1 aromatic heterocycles. The van der Waals surface area contributed by atoms with E-state index in [0.717, 1.165) is 5.39 Å². The molecule has 0 aliphatic rings. The Morgan fingerprint density at radius 3 is 2.65 bits per heavy atom. The molecular weight excluding hydrogens is 336 g/mol. The van der Waals surface area contributed by atoms with Crippen molar-refractivity contribution in [3.8, 4) is 0 Å². The van der Waals surface area contributed by atoms with Gasteiger partial charge in [-0.1, -0.05) is 18.2 Å². The summed E-state index contributed by atoms with van der Waals surface area (Å²) in [5.41, 5.74) is 2.96. The van der Waals surface area contributed by atoms with Gasteiger partial charge in [-0.3, -0.25) is 9.82 Å². The molecule has 3 amide bonds. The number of hydrogen-bond acceptors (Lipinski definition) is 5. The van der Waals surface area contributed by atoms with Crippen LogP contribution in [-0.2, 0) is 9.57 Å². The maximum Gasteiger partial charge on any atom is 0.407 e. The Kier molecular flexibility index (Phi) is 6.35. The van der Waals surface area contributed by atoms with Gasteiger partial charge < -0.3 is 15.4 Å². The molecule has 26 heavy (non-hydrogen) atoms. The molecule has 2 rings (SSSR count). The lowest BCUT2D eigenvalue weighted by Gasteiger charge is -2.21. The Labute approximate surface area is 152 Å². The van der Waals surface area contributed by atoms with Gasteiger partial charge in [-0.25, -0.2) is 15.1 Å². The van der Waals surface area contributed by atoms with Crippen molar-refractivity contribution < 1.29 is 19.2 Å². The second-order valence-corrected chi connectivity index (χ2v) is 6.80. The molecule has 0 spiro atoms. The Bertz CT molecular complexity index is 768. The number of nitrogens with zero attached hydrogens (tertiary/aromatic N) is 1. The Morgan fingerprint density at radius 1 is 1.19 bits per heavy atom. The smallest absolute Gasteiger partial charge is 0.407 e. The van der Waals surface area contributed by atoms with Gasteiger partial charge in [0, 0.05) is 11.6 Å². The van der Waals surface area contributed by atoms with Gasteiger partial charge >= 0.3 is 12.1 Å². The first kappa shape index (κ1) is 19.5. The number of fused-ring (bicyclic) bond motifs is 1. The molecule has 0 aliphatic carbocycles. The third-order valence-electron chi connectivity index (χ3n) is 3.14. The van der Waals surface area contributed by atoms with Gasteiger partial charge in [-0.15, -0.1) is 0 Å². The monoisotopic (exact) mass is 360 g/mol. The number of carbonyl (C=O) groups is 2. The zero-order valence-electron chi connectivity index (χ0n) is 15.3. The largest absolute Gasteiger partial charge is 0.444 e. The van der Waals surface area contributed by atoms with E-state index < -0.39 is 17.7 Å². The van der Waals surface area contributed by atoms with Crippen LogP contribution >= 0.6 is 0 Å². The van der Waals surface area contributed by atoms with Gasteiger partial charge in [0.05, 0.1) is 23.9 Å². The first-order valence-corrected chi connectivity index (χ1v) is 8.26. The van der Waals surface area contributed by atoms with Gasteiger partial charge in [0.1, 0.15) is 5.60 Å². The molecular formula is C18H24N4O4. The standard InChI is InChI=1S/C18H24N4O4/c1-12(20-17(24)26-18(2,3)4)11-25-22-16(23)21-14-9-5-7-13-8-6-10-19-15(13)14/h5-10,12H,11H2,1-4H3,(H,20,24)(H2,21,22,23). The molecule has 0 saturated carbocycles. The van der Waals surface area contributed by atoms with Crippen molar-refractivity contribution in [2.75, 3.05) is 11.9 Å². The van der Waals surface area contributed by atoms with Crippen molar-refractivity contribution in [1.29, 1.82) is 0 Å². The number of para-hydroxylation sites is 1. The number of hydrogen-bond donors (Lipinski definition) is 3. The Hall–Kier alpha value is -2.87. The van der Waals surface area contributed by atoms with Crippen molar-refractivity contribution in [3.05, 3.63) is 36.5 Å². The Balaban J connectivity index is 1.77. The summed E-state index contributed by atoms with van der Waals surface area (Å²) in [4.78, 5) is 33.0. The minimum absolute atomic E-state index is 0.0838. The number of benzene rings is 1. The van der Waals surface area contributed by atoms with Crippen LogP contribution in [0.4, 0.5) is 15.3 Å². The lowest BCUT2D eigenvalue weighted by Crippen LogP contribution is -2.41. The average Bonchev–Trinajstić information content (AvgIpc) is 2.53. The summed E-state index contributed by atoms with van der Waals surface area (Å²) in [6.45, 7) is 7.16. The number of rotatable bonds is 5. The minimum atomic E-state index is -0.574. The van der Waals surface area contributed by atoms with E-state index in [9.17, 15) is 9.59 Å². The van der Waals surface area contributed by atoms with Gasteiger partial charge in [0.15, 0.2) is 0 Å². The summed E-state index contributed by atoms with van der Waals surface area (Å²) >= 11 is 0. The summed E-state index contributed by atoms with van der Waals surface area (Å²) in [5, 5.41) is 6.22. The summed E-state index contributed by atoms with van der Waals surface area (Å²) in [6, 6.07) is 8.35. The molecule has 8 nitrogen and oxygen atoms in total. The summed E-state index contributed by atoms with van der Waals surface area (Å²) in [7, 11) is 0. The van der Waals surface area contributed by atoms with E-state index in [1.54, 1.807) is 40.0 Å².